The van der Waals surface area contributed by atoms with E-state index in [2.05, 4.69) is 0 Å². The van der Waals surface area contributed by atoms with Gasteiger partial charge in [0.05, 0.1) is 44.0 Å². The fourth-order valence-electron chi connectivity index (χ4n) is 6.04. The quantitative estimate of drug-likeness (QED) is 0.250. The van der Waals surface area contributed by atoms with Crippen LogP contribution in [0, 0.1) is 5.92 Å². The summed E-state index contributed by atoms with van der Waals surface area (Å²) in [6.45, 7) is 5.37. The second kappa shape index (κ2) is 14.4. The first kappa shape index (κ1) is 33.8. The van der Waals surface area contributed by atoms with Gasteiger partial charge in [0, 0.05) is 62.9 Å². The van der Waals surface area contributed by atoms with Crippen LogP contribution in [0.15, 0.2) is 30.3 Å². The third-order valence-corrected chi connectivity index (χ3v) is 9.64. The number of nitrogens with two attached hydrogens (primary N) is 1. The molecular weight excluding hydrogens is 624 g/mol. The van der Waals surface area contributed by atoms with E-state index in [1.165, 1.54) is 21.1 Å². The predicted octanol–water partition coefficient (Wildman–Crippen LogP) is 3.29. The summed E-state index contributed by atoms with van der Waals surface area (Å²) in [6.07, 6.45) is 1.12. The fourth-order valence-corrected chi connectivity index (χ4v) is 6.66. The standard InChI is InChI=1S/C33H40N6O7S/c1-19(18-47-20(2)40)31(42)39-12-6-7-24(39)29(41)28-26-23(17-25(45-4)30(46-5)27(26)34)35-33(36-28)38-15-13-37(14-16-38)32(43)21-8-10-22(44-3)11-9-21/h8-11,17,19,24H,6-7,12-16,18,34H2,1-5H3. The maximum absolute atomic E-state index is 14.4. The lowest BCUT2D eigenvalue weighted by Gasteiger charge is -2.35. The molecule has 2 N–H and O–H groups in total. The maximum Gasteiger partial charge on any atom is 0.253 e. The highest BCUT2D eigenvalue weighted by Gasteiger charge is 2.39. The first-order chi connectivity index (χ1) is 22.6. The number of likely N-dealkylation sites (tertiary alicyclic amines) is 1. The number of ketones is 1. The highest BCUT2D eigenvalue weighted by molar-refractivity contribution is 8.13. The van der Waals surface area contributed by atoms with E-state index in [1.54, 1.807) is 54.2 Å². The number of Topliss-reactive ketones (excluding diaryl/α,β-unsaturated/α-hetero) is 1. The van der Waals surface area contributed by atoms with E-state index in [0.29, 0.717) is 85.2 Å². The number of amides is 2. The van der Waals surface area contributed by atoms with E-state index < -0.39 is 12.0 Å². The summed E-state index contributed by atoms with van der Waals surface area (Å²) in [5.74, 6) is 0.868. The number of hydrogen-bond donors (Lipinski definition) is 1. The molecule has 0 aliphatic carbocycles. The number of benzene rings is 2. The molecule has 5 rings (SSSR count). The Balaban J connectivity index is 1.46. The number of anilines is 2. The zero-order valence-electron chi connectivity index (χ0n) is 27.3. The molecule has 47 heavy (non-hydrogen) atoms. The summed E-state index contributed by atoms with van der Waals surface area (Å²) in [6, 6.07) is 7.90. The van der Waals surface area contributed by atoms with E-state index in [0.717, 1.165) is 11.8 Å². The third-order valence-electron chi connectivity index (χ3n) is 8.57. The van der Waals surface area contributed by atoms with Crippen LogP contribution < -0.4 is 24.8 Å². The first-order valence-corrected chi connectivity index (χ1v) is 16.4. The Hall–Kier alpha value is -4.59. The van der Waals surface area contributed by atoms with Gasteiger partial charge in [0.15, 0.2) is 16.6 Å². The molecule has 2 aliphatic rings. The molecule has 250 valence electrons. The Morgan fingerprint density at radius 2 is 1.68 bits per heavy atom. The predicted molar refractivity (Wildman–Crippen MR) is 180 cm³/mol. The summed E-state index contributed by atoms with van der Waals surface area (Å²) in [5, 5.41) is 0.258. The number of nitrogens with zero attached hydrogens (tertiary/aromatic N) is 5. The topological polar surface area (TPSA) is 157 Å². The number of ether oxygens (including phenoxy) is 3. The van der Waals surface area contributed by atoms with Gasteiger partial charge < -0.3 is 34.6 Å². The Morgan fingerprint density at radius 3 is 2.30 bits per heavy atom. The molecule has 2 amide bonds. The first-order valence-electron chi connectivity index (χ1n) is 15.5. The normalized spacial score (nSPS) is 17.0. The van der Waals surface area contributed by atoms with Crippen LogP contribution in [0.2, 0.25) is 0 Å². The summed E-state index contributed by atoms with van der Waals surface area (Å²) in [4.78, 5) is 67.4. The van der Waals surface area contributed by atoms with Gasteiger partial charge in [-0.2, -0.15) is 0 Å². The van der Waals surface area contributed by atoms with Crippen molar-refractivity contribution in [1.29, 1.82) is 0 Å². The fraction of sp³-hybridized carbons (Fsp3) is 0.455. The van der Waals surface area contributed by atoms with Crippen LogP contribution in [0.3, 0.4) is 0 Å². The van der Waals surface area contributed by atoms with Gasteiger partial charge in [0.2, 0.25) is 17.6 Å². The molecule has 2 unspecified atom stereocenters. The van der Waals surface area contributed by atoms with Crippen LogP contribution >= 0.6 is 11.8 Å². The Morgan fingerprint density at radius 1 is 0.979 bits per heavy atom. The number of piperazine rings is 1. The van der Waals surface area contributed by atoms with Gasteiger partial charge in [-0.15, -0.1) is 0 Å². The molecule has 13 nitrogen and oxygen atoms in total. The zero-order chi connectivity index (χ0) is 33.8. The average Bonchev–Trinajstić information content (AvgIpc) is 3.59. The number of aromatic nitrogens is 2. The minimum atomic E-state index is -0.746. The Bertz CT molecular complexity index is 1680. The molecule has 2 atom stereocenters. The van der Waals surface area contributed by atoms with Gasteiger partial charge >= 0.3 is 0 Å². The van der Waals surface area contributed by atoms with E-state index in [9.17, 15) is 19.2 Å². The molecule has 2 saturated heterocycles. The van der Waals surface area contributed by atoms with Crippen LogP contribution in [0.25, 0.3) is 10.9 Å². The summed E-state index contributed by atoms with van der Waals surface area (Å²) >= 11 is 1.09. The average molecular weight is 665 g/mol. The molecule has 3 heterocycles. The lowest BCUT2D eigenvalue weighted by molar-refractivity contribution is -0.134. The molecule has 0 bridgehead atoms. The number of fused-ring (bicyclic) bond motifs is 1. The molecule has 3 aromatic rings. The monoisotopic (exact) mass is 664 g/mol. The minimum Gasteiger partial charge on any atom is -0.497 e. The van der Waals surface area contributed by atoms with Gasteiger partial charge in [-0.1, -0.05) is 18.7 Å². The number of hydrogen-bond acceptors (Lipinski definition) is 12. The van der Waals surface area contributed by atoms with Crippen molar-refractivity contribution in [1.82, 2.24) is 19.8 Å². The smallest absolute Gasteiger partial charge is 0.253 e. The molecule has 2 fully saturated rings. The van der Waals surface area contributed by atoms with E-state index in [-0.39, 0.29) is 39.8 Å². The van der Waals surface area contributed by atoms with E-state index in [1.807, 2.05) is 4.90 Å². The van der Waals surface area contributed by atoms with Crippen molar-refractivity contribution in [2.45, 2.75) is 32.7 Å². The molecule has 2 aromatic carbocycles. The summed E-state index contributed by atoms with van der Waals surface area (Å²) in [5.41, 5.74) is 7.80. The largest absolute Gasteiger partial charge is 0.497 e. The number of carbonyl (C=O) groups is 4. The highest BCUT2D eigenvalue weighted by Crippen LogP contribution is 2.41. The maximum atomic E-state index is 14.4. The molecule has 0 saturated carbocycles. The van der Waals surface area contributed by atoms with Crippen LogP contribution in [0.1, 0.15) is 47.5 Å². The van der Waals surface area contributed by atoms with Crippen LogP contribution in [-0.4, -0.2) is 108 Å². The molecule has 2 aliphatic heterocycles. The highest BCUT2D eigenvalue weighted by atomic mass is 32.2. The zero-order valence-corrected chi connectivity index (χ0v) is 28.1. The molecule has 14 heteroatoms. The molecular formula is C33H40N6O7S. The van der Waals surface area contributed by atoms with Crippen molar-refractivity contribution in [3.8, 4) is 17.2 Å². The second-order valence-electron chi connectivity index (χ2n) is 11.6. The van der Waals surface area contributed by atoms with Crippen molar-refractivity contribution >= 4 is 57.0 Å². The van der Waals surface area contributed by atoms with Crippen molar-refractivity contribution in [2.75, 3.05) is 70.4 Å². The Kier molecular flexibility index (Phi) is 10.4. The SMILES string of the molecule is COc1ccc(C(=O)N2CCN(c3nc(C(=O)C4CCCN4C(=O)C(C)CSC(C)=O)c4c(N)c(OC)c(OC)cc4n3)CC2)cc1. The van der Waals surface area contributed by atoms with Crippen LogP contribution in [-0.2, 0) is 9.59 Å². The van der Waals surface area contributed by atoms with Gasteiger partial charge in [0.1, 0.15) is 11.4 Å². The van der Waals surface area contributed by atoms with Gasteiger partial charge in [-0.3, -0.25) is 19.2 Å². The van der Waals surface area contributed by atoms with Crippen molar-refractivity contribution < 1.29 is 33.4 Å². The van der Waals surface area contributed by atoms with Crippen molar-refractivity contribution in [2.24, 2.45) is 5.92 Å². The van der Waals surface area contributed by atoms with Crippen molar-refractivity contribution in [3.63, 3.8) is 0 Å². The number of thioether (sulfide) groups is 1. The minimum absolute atomic E-state index is 0.0653. The van der Waals surface area contributed by atoms with Gasteiger partial charge in [0.25, 0.3) is 5.91 Å². The lowest BCUT2D eigenvalue weighted by Crippen LogP contribution is -2.49. The Labute approximate surface area is 277 Å². The number of carbonyl (C=O) groups excluding carboxylic acids is 4. The second-order valence-corrected chi connectivity index (χ2v) is 12.8. The third kappa shape index (κ3) is 6.92. The number of rotatable bonds is 10. The number of methoxy groups -OCH3 is 3. The molecule has 1 aromatic heterocycles. The summed E-state index contributed by atoms with van der Waals surface area (Å²) in [7, 11) is 4.53. The molecule has 0 radical (unpaired) electrons. The van der Waals surface area contributed by atoms with E-state index >= 15 is 0 Å². The van der Waals surface area contributed by atoms with Crippen molar-refractivity contribution in [3.05, 3.63) is 41.6 Å². The summed E-state index contributed by atoms with van der Waals surface area (Å²) < 4.78 is 16.3. The lowest BCUT2D eigenvalue weighted by atomic mass is 10.0. The number of nitrogen functional groups attached to an aromatic ring is 1. The van der Waals surface area contributed by atoms with Gasteiger partial charge in [-0.05, 0) is 37.1 Å². The van der Waals surface area contributed by atoms with Gasteiger partial charge in [-0.25, -0.2) is 9.97 Å². The molecule has 0 spiro atoms. The van der Waals surface area contributed by atoms with Crippen LogP contribution in [0.4, 0.5) is 11.6 Å². The van der Waals surface area contributed by atoms with E-state index in [4.69, 9.17) is 29.9 Å². The van der Waals surface area contributed by atoms with Crippen LogP contribution in [0.5, 0.6) is 17.2 Å².